The highest BCUT2D eigenvalue weighted by Crippen LogP contribution is 2.13. The Balaban J connectivity index is 2.75. The molecule has 0 bridgehead atoms. The summed E-state index contributed by atoms with van der Waals surface area (Å²) in [5.74, 6) is -0.895. The van der Waals surface area contributed by atoms with Gasteiger partial charge in [-0.1, -0.05) is 0 Å². The fraction of sp³-hybridized carbons (Fsp3) is 0.636. The molecule has 5 nitrogen and oxygen atoms in total. The van der Waals surface area contributed by atoms with Crippen molar-refractivity contribution >= 4 is 5.97 Å². The van der Waals surface area contributed by atoms with Crippen LogP contribution in [0.3, 0.4) is 0 Å². The standard InChI is InChI=1S/C11H19N3O2/c1-8-10(11(15)16)9(2)14(12-8)7-5-6-13(3)4/h5-7H2,1-4H3,(H,15,16). The summed E-state index contributed by atoms with van der Waals surface area (Å²) in [6.45, 7) is 5.27. The first-order valence-electron chi connectivity index (χ1n) is 5.35. The Bertz CT molecular complexity index is 383. The van der Waals surface area contributed by atoms with E-state index in [0.29, 0.717) is 11.3 Å². The van der Waals surface area contributed by atoms with Gasteiger partial charge in [0.25, 0.3) is 0 Å². The molecule has 0 spiro atoms. The van der Waals surface area contributed by atoms with Crippen LogP contribution in [0.5, 0.6) is 0 Å². The maximum atomic E-state index is 11.0. The number of hydrogen-bond acceptors (Lipinski definition) is 3. The van der Waals surface area contributed by atoms with Crippen molar-refractivity contribution in [2.24, 2.45) is 0 Å². The van der Waals surface area contributed by atoms with Crippen molar-refractivity contribution < 1.29 is 9.90 Å². The van der Waals surface area contributed by atoms with Crippen LogP contribution in [0.25, 0.3) is 0 Å². The summed E-state index contributed by atoms with van der Waals surface area (Å²) < 4.78 is 1.78. The van der Waals surface area contributed by atoms with E-state index in [9.17, 15) is 4.79 Å². The highest BCUT2D eigenvalue weighted by atomic mass is 16.4. The maximum Gasteiger partial charge on any atom is 0.339 e. The largest absolute Gasteiger partial charge is 0.478 e. The van der Waals surface area contributed by atoms with Gasteiger partial charge in [0.2, 0.25) is 0 Å². The summed E-state index contributed by atoms with van der Waals surface area (Å²) in [5.41, 5.74) is 1.67. The average molecular weight is 225 g/mol. The molecule has 0 aliphatic heterocycles. The van der Waals surface area contributed by atoms with E-state index >= 15 is 0 Å². The van der Waals surface area contributed by atoms with Crippen LogP contribution in [0.2, 0.25) is 0 Å². The van der Waals surface area contributed by atoms with Crippen molar-refractivity contribution in [3.8, 4) is 0 Å². The van der Waals surface area contributed by atoms with E-state index < -0.39 is 5.97 Å². The lowest BCUT2D eigenvalue weighted by Crippen LogP contribution is -2.16. The van der Waals surface area contributed by atoms with E-state index in [-0.39, 0.29) is 0 Å². The fourth-order valence-corrected chi connectivity index (χ4v) is 1.76. The zero-order chi connectivity index (χ0) is 12.3. The first kappa shape index (κ1) is 12.7. The fourth-order valence-electron chi connectivity index (χ4n) is 1.76. The summed E-state index contributed by atoms with van der Waals surface area (Å²) in [6, 6.07) is 0. The molecular weight excluding hydrogens is 206 g/mol. The topological polar surface area (TPSA) is 58.4 Å². The molecule has 0 radical (unpaired) electrons. The molecule has 0 aromatic carbocycles. The molecule has 1 aromatic heterocycles. The van der Waals surface area contributed by atoms with Crippen molar-refractivity contribution in [1.29, 1.82) is 0 Å². The number of rotatable bonds is 5. The van der Waals surface area contributed by atoms with E-state index in [1.54, 1.807) is 18.5 Å². The predicted octanol–water partition coefficient (Wildman–Crippen LogP) is 1.15. The Hall–Kier alpha value is -1.36. The lowest BCUT2D eigenvalue weighted by atomic mass is 10.2. The number of carboxylic acid groups (broad SMARTS) is 1. The number of carboxylic acids is 1. The van der Waals surface area contributed by atoms with Crippen LogP contribution < -0.4 is 0 Å². The Morgan fingerprint density at radius 3 is 2.50 bits per heavy atom. The van der Waals surface area contributed by atoms with Gasteiger partial charge in [0.1, 0.15) is 5.56 Å². The maximum absolute atomic E-state index is 11.0. The minimum Gasteiger partial charge on any atom is -0.478 e. The smallest absolute Gasteiger partial charge is 0.339 e. The molecule has 1 aromatic rings. The van der Waals surface area contributed by atoms with Gasteiger partial charge in [0.15, 0.2) is 0 Å². The number of hydrogen-bond donors (Lipinski definition) is 1. The zero-order valence-electron chi connectivity index (χ0n) is 10.3. The Morgan fingerprint density at radius 1 is 1.44 bits per heavy atom. The van der Waals surface area contributed by atoms with E-state index in [1.807, 2.05) is 14.1 Å². The molecule has 0 aliphatic carbocycles. The number of aromatic carboxylic acids is 1. The number of nitrogens with zero attached hydrogens (tertiary/aromatic N) is 3. The van der Waals surface area contributed by atoms with Crippen LogP contribution in [-0.4, -0.2) is 46.4 Å². The van der Waals surface area contributed by atoms with Crippen molar-refractivity contribution in [2.75, 3.05) is 20.6 Å². The van der Waals surface area contributed by atoms with Crippen LogP contribution in [-0.2, 0) is 6.54 Å². The van der Waals surface area contributed by atoms with Crippen LogP contribution in [0.4, 0.5) is 0 Å². The van der Waals surface area contributed by atoms with Gasteiger partial charge in [-0.05, 0) is 40.9 Å². The van der Waals surface area contributed by atoms with Crippen molar-refractivity contribution in [3.63, 3.8) is 0 Å². The van der Waals surface area contributed by atoms with Gasteiger partial charge in [-0.25, -0.2) is 4.79 Å². The van der Waals surface area contributed by atoms with Crippen molar-refractivity contribution in [3.05, 3.63) is 17.0 Å². The van der Waals surface area contributed by atoms with Gasteiger partial charge < -0.3 is 10.0 Å². The molecule has 90 valence electrons. The van der Waals surface area contributed by atoms with Crippen LogP contribution in [0, 0.1) is 13.8 Å². The highest BCUT2D eigenvalue weighted by molar-refractivity contribution is 5.90. The first-order chi connectivity index (χ1) is 7.43. The second kappa shape index (κ2) is 5.12. The van der Waals surface area contributed by atoms with Gasteiger partial charge in [-0.2, -0.15) is 5.10 Å². The normalized spacial score (nSPS) is 11.1. The first-order valence-corrected chi connectivity index (χ1v) is 5.35. The summed E-state index contributed by atoms with van der Waals surface area (Å²) in [7, 11) is 4.04. The molecule has 0 atom stereocenters. The summed E-state index contributed by atoms with van der Waals surface area (Å²) in [4.78, 5) is 13.1. The van der Waals surface area contributed by atoms with Crippen molar-refractivity contribution in [2.45, 2.75) is 26.8 Å². The van der Waals surface area contributed by atoms with E-state index in [0.717, 1.165) is 25.2 Å². The van der Waals surface area contributed by atoms with Crippen LogP contribution in [0.1, 0.15) is 28.2 Å². The summed E-state index contributed by atoms with van der Waals surface area (Å²) in [6.07, 6.45) is 0.966. The van der Waals surface area contributed by atoms with E-state index in [4.69, 9.17) is 5.11 Å². The Labute approximate surface area is 95.7 Å². The van der Waals surface area contributed by atoms with Gasteiger partial charge in [0.05, 0.1) is 11.4 Å². The third-order valence-electron chi connectivity index (χ3n) is 2.57. The average Bonchev–Trinajstić information content (AvgIpc) is 2.41. The molecule has 1 rings (SSSR count). The molecule has 0 saturated carbocycles. The summed E-state index contributed by atoms with van der Waals surface area (Å²) in [5, 5.41) is 13.3. The van der Waals surface area contributed by atoms with E-state index in [2.05, 4.69) is 10.00 Å². The zero-order valence-corrected chi connectivity index (χ0v) is 10.3. The van der Waals surface area contributed by atoms with Crippen LogP contribution in [0.15, 0.2) is 0 Å². The third kappa shape index (κ3) is 2.82. The molecular formula is C11H19N3O2. The van der Waals surface area contributed by atoms with Gasteiger partial charge in [0, 0.05) is 6.54 Å². The second-order valence-corrected chi connectivity index (χ2v) is 4.23. The minimum absolute atomic E-state index is 0.338. The highest BCUT2D eigenvalue weighted by Gasteiger charge is 2.17. The Kier molecular flexibility index (Phi) is 4.06. The molecule has 5 heteroatoms. The quantitative estimate of drug-likeness (QED) is 0.816. The number of carbonyl (C=O) groups is 1. The molecule has 1 N–H and O–H groups in total. The lowest BCUT2D eigenvalue weighted by Gasteiger charge is -2.09. The monoisotopic (exact) mass is 225 g/mol. The minimum atomic E-state index is -0.895. The van der Waals surface area contributed by atoms with Gasteiger partial charge in [-0.3, -0.25) is 4.68 Å². The molecule has 0 fully saturated rings. The van der Waals surface area contributed by atoms with Gasteiger partial charge >= 0.3 is 5.97 Å². The Morgan fingerprint density at radius 2 is 2.06 bits per heavy atom. The molecule has 1 heterocycles. The lowest BCUT2D eigenvalue weighted by molar-refractivity contribution is 0.0695. The molecule has 0 unspecified atom stereocenters. The molecule has 16 heavy (non-hydrogen) atoms. The number of aryl methyl sites for hydroxylation is 2. The SMILES string of the molecule is Cc1nn(CCCN(C)C)c(C)c1C(=O)O. The summed E-state index contributed by atoms with van der Waals surface area (Å²) >= 11 is 0. The van der Waals surface area contributed by atoms with Crippen LogP contribution >= 0.6 is 0 Å². The van der Waals surface area contributed by atoms with Gasteiger partial charge in [-0.15, -0.1) is 0 Å². The molecule has 0 saturated heterocycles. The third-order valence-corrected chi connectivity index (χ3v) is 2.57. The van der Waals surface area contributed by atoms with Crippen molar-refractivity contribution in [1.82, 2.24) is 14.7 Å². The number of aromatic nitrogens is 2. The predicted molar refractivity (Wildman–Crippen MR) is 61.8 cm³/mol. The second-order valence-electron chi connectivity index (χ2n) is 4.23. The van der Waals surface area contributed by atoms with E-state index in [1.165, 1.54) is 0 Å². The molecule has 0 amide bonds. The molecule has 0 aliphatic rings.